The molecule has 0 unspecified atom stereocenters. The van der Waals surface area contributed by atoms with E-state index < -0.39 is 15.3 Å². The Bertz CT molecular complexity index is 770. The number of para-hydroxylation sites is 2. The number of benzene rings is 2. The zero-order valence-electron chi connectivity index (χ0n) is 16.7. The number of hydrogen-bond donors (Lipinski definition) is 0. The summed E-state index contributed by atoms with van der Waals surface area (Å²) in [6.07, 6.45) is 0. The second-order valence-electron chi connectivity index (χ2n) is 6.44. The smallest absolute Gasteiger partial charge is 0.405 e. The van der Waals surface area contributed by atoms with Gasteiger partial charge in [0.1, 0.15) is 11.5 Å². The van der Waals surface area contributed by atoms with E-state index in [1.807, 2.05) is 74.8 Å². The van der Waals surface area contributed by atoms with Crippen molar-refractivity contribution < 1.29 is 13.6 Å². The van der Waals surface area contributed by atoms with E-state index in [1.165, 1.54) is 0 Å². The van der Waals surface area contributed by atoms with Crippen LogP contribution in [-0.2, 0) is 4.57 Å². The van der Waals surface area contributed by atoms with Gasteiger partial charge in [-0.05, 0) is 66.6 Å². The molecule has 0 aromatic heterocycles. The molecule has 0 saturated heterocycles. The van der Waals surface area contributed by atoms with Crippen LogP contribution in [0.25, 0.3) is 0 Å². The summed E-state index contributed by atoms with van der Waals surface area (Å²) in [6, 6.07) is 18.6. The molecule has 148 valence electrons. The van der Waals surface area contributed by atoms with Crippen LogP contribution in [-0.4, -0.2) is 56.3 Å². The maximum absolute atomic E-state index is 13.6. The summed E-state index contributed by atoms with van der Waals surface area (Å²) < 4.78 is 35.9. The lowest BCUT2D eigenvalue weighted by molar-refractivity contribution is 0.398. The largest absolute Gasteiger partial charge is 0.419 e. The van der Waals surface area contributed by atoms with Crippen molar-refractivity contribution in [2.45, 2.75) is 0 Å². The first-order valence-corrected chi connectivity index (χ1v) is 11.6. The van der Waals surface area contributed by atoms with E-state index in [2.05, 4.69) is 0 Å². The monoisotopic (exact) mass is 410 g/mol. The Morgan fingerprint density at radius 1 is 0.667 bits per heavy atom. The first-order valence-electron chi connectivity index (χ1n) is 8.46. The van der Waals surface area contributed by atoms with Gasteiger partial charge in [-0.25, -0.2) is 14.0 Å². The van der Waals surface area contributed by atoms with E-state index in [0.717, 1.165) is 0 Å². The van der Waals surface area contributed by atoms with Crippen LogP contribution in [0.4, 0.5) is 0 Å². The van der Waals surface area contributed by atoms with Crippen LogP contribution in [0.3, 0.4) is 0 Å². The molecule has 0 bridgehead atoms. The minimum absolute atomic E-state index is 0.600. The van der Waals surface area contributed by atoms with Gasteiger partial charge in [0, 0.05) is 0 Å². The standard InChI is InChI=1S/C18H28N4O3P2/c1-20(2)26(23,21(3)4)19-27(22(5)6,24-17-13-9-7-10-14-17)25-18-15-11-8-12-16-18/h7-16H,1-6H3. The summed E-state index contributed by atoms with van der Waals surface area (Å²) in [5.74, 6) is 1.20. The van der Waals surface area contributed by atoms with Crippen molar-refractivity contribution in [3.05, 3.63) is 60.7 Å². The molecule has 0 spiro atoms. The third kappa shape index (κ3) is 5.22. The van der Waals surface area contributed by atoms with Crippen molar-refractivity contribution in [1.29, 1.82) is 0 Å². The van der Waals surface area contributed by atoms with E-state index in [-0.39, 0.29) is 0 Å². The summed E-state index contributed by atoms with van der Waals surface area (Å²) in [4.78, 5) is 0. The van der Waals surface area contributed by atoms with E-state index >= 15 is 0 Å². The van der Waals surface area contributed by atoms with Crippen molar-refractivity contribution in [3.8, 4) is 11.5 Å². The molecule has 0 heterocycles. The van der Waals surface area contributed by atoms with Crippen LogP contribution in [0.1, 0.15) is 0 Å². The maximum Gasteiger partial charge on any atom is 0.405 e. The molecule has 0 aliphatic heterocycles. The van der Waals surface area contributed by atoms with Crippen LogP contribution in [0.5, 0.6) is 11.5 Å². The molecule has 0 fully saturated rings. The van der Waals surface area contributed by atoms with Crippen LogP contribution >= 0.6 is 15.3 Å². The minimum atomic E-state index is -3.26. The molecule has 7 nitrogen and oxygen atoms in total. The van der Waals surface area contributed by atoms with E-state index in [9.17, 15) is 4.57 Å². The van der Waals surface area contributed by atoms with Gasteiger partial charge in [0.2, 0.25) is 0 Å². The molecular formula is C18H28N4O3P2. The highest BCUT2D eigenvalue weighted by Gasteiger charge is 2.38. The molecule has 0 atom stereocenters. The molecule has 2 aromatic rings. The third-order valence-corrected chi connectivity index (χ3v) is 9.54. The summed E-state index contributed by atoms with van der Waals surface area (Å²) >= 11 is 0. The quantitative estimate of drug-likeness (QED) is 0.578. The zero-order chi connectivity index (χ0) is 20.1. The predicted molar refractivity (Wildman–Crippen MR) is 112 cm³/mol. The molecule has 0 N–H and O–H groups in total. The van der Waals surface area contributed by atoms with Crippen molar-refractivity contribution in [2.24, 2.45) is 4.52 Å². The van der Waals surface area contributed by atoms with E-state index in [4.69, 9.17) is 13.6 Å². The van der Waals surface area contributed by atoms with Crippen LogP contribution in [0, 0.1) is 0 Å². The molecule has 0 amide bonds. The Morgan fingerprint density at radius 2 is 1.04 bits per heavy atom. The van der Waals surface area contributed by atoms with Gasteiger partial charge in [0.25, 0.3) is 0 Å². The van der Waals surface area contributed by atoms with Gasteiger partial charge in [-0.15, -0.1) is 4.52 Å². The average molecular weight is 410 g/mol. The Balaban J connectivity index is 2.67. The molecule has 0 aliphatic carbocycles. The van der Waals surface area contributed by atoms with Gasteiger partial charge in [-0.1, -0.05) is 36.4 Å². The lowest BCUT2D eigenvalue weighted by Gasteiger charge is -2.34. The summed E-state index contributed by atoms with van der Waals surface area (Å²) in [6.45, 7) is 0. The van der Waals surface area contributed by atoms with Crippen molar-refractivity contribution in [2.75, 3.05) is 42.3 Å². The first-order chi connectivity index (χ1) is 12.7. The molecule has 27 heavy (non-hydrogen) atoms. The highest BCUT2D eigenvalue weighted by atomic mass is 31.2. The highest BCUT2D eigenvalue weighted by Crippen LogP contribution is 2.65. The van der Waals surface area contributed by atoms with Gasteiger partial charge >= 0.3 is 15.3 Å². The molecule has 2 rings (SSSR count). The fourth-order valence-electron chi connectivity index (χ4n) is 2.20. The molecular weight excluding hydrogens is 382 g/mol. The van der Waals surface area contributed by atoms with Crippen molar-refractivity contribution in [3.63, 3.8) is 0 Å². The van der Waals surface area contributed by atoms with E-state index in [1.54, 1.807) is 42.2 Å². The maximum atomic E-state index is 13.6. The highest BCUT2D eigenvalue weighted by molar-refractivity contribution is 7.68. The van der Waals surface area contributed by atoms with Gasteiger partial charge in [0.15, 0.2) is 0 Å². The Hall–Kier alpha value is -1.62. The Labute approximate surface area is 162 Å². The van der Waals surface area contributed by atoms with Crippen LogP contribution < -0.4 is 9.05 Å². The Kier molecular flexibility index (Phi) is 7.26. The second-order valence-corrected chi connectivity index (χ2v) is 11.9. The van der Waals surface area contributed by atoms with Gasteiger partial charge in [-0.2, -0.15) is 0 Å². The Morgan fingerprint density at radius 3 is 1.33 bits per heavy atom. The fourth-order valence-corrected chi connectivity index (χ4v) is 7.46. The summed E-state index contributed by atoms with van der Waals surface area (Å²) in [7, 11) is 4.19. The van der Waals surface area contributed by atoms with Crippen LogP contribution in [0.15, 0.2) is 65.2 Å². The summed E-state index contributed by atoms with van der Waals surface area (Å²) in [5, 5.41) is 0. The topological polar surface area (TPSA) is 57.6 Å². The third-order valence-electron chi connectivity index (χ3n) is 3.71. The minimum Gasteiger partial charge on any atom is -0.419 e. The van der Waals surface area contributed by atoms with Gasteiger partial charge in [0.05, 0.1) is 0 Å². The molecule has 0 saturated carbocycles. The lowest BCUT2D eigenvalue weighted by atomic mass is 10.3. The lowest BCUT2D eigenvalue weighted by Crippen LogP contribution is -2.23. The number of hydrogen-bond acceptors (Lipinski definition) is 3. The first kappa shape index (κ1) is 21.7. The normalized spacial score (nSPS) is 12.5. The zero-order valence-corrected chi connectivity index (χ0v) is 18.5. The summed E-state index contributed by atoms with van der Waals surface area (Å²) in [5.41, 5.74) is 0. The molecule has 9 heteroatoms. The number of rotatable bonds is 8. The molecule has 0 aliphatic rings. The average Bonchev–Trinajstić information content (AvgIpc) is 2.62. The van der Waals surface area contributed by atoms with E-state index in [0.29, 0.717) is 11.5 Å². The van der Waals surface area contributed by atoms with Crippen molar-refractivity contribution in [1.82, 2.24) is 14.0 Å². The SMILES string of the molecule is CN(C)P(=O)(N=P(Oc1ccccc1)(Oc1ccccc1)N(C)C)N(C)C. The van der Waals surface area contributed by atoms with Crippen LogP contribution in [0.2, 0.25) is 0 Å². The predicted octanol–water partition coefficient (Wildman–Crippen LogP) is 4.88. The molecule has 0 radical (unpaired) electrons. The fraction of sp³-hybridized carbons (Fsp3) is 0.333. The second kappa shape index (κ2) is 9.05. The molecule has 2 aromatic carbocycles. The number of nitrogens with zero attached hydrogens (tertiary/aromatic N) is 4. The van der Waals surface area contributed by atoms with Gasteiger partial charge < -0.3 is 9.05 Å². The van der Waals surface area contributed by atoms with Crippen molar-refractivity contribution >= 4 is 15.3 Å². The van der Waals surface area contributed by atoms with Gasteiger partial charge in [-0.3, -0.25) is 4.57 Å².